The maximum Gasteiger partial charge on any atom is 0.422 e. The zero-order valence-electron chi connectivity index (χ0n) is 16.8. The highest BCUT2D eigenvalue weighted by atomic mass is 19.4. The van der Waals surface area contributed by atoms with E-state index >= 15 is 0 Å². The monoisotopic (exact) mass is 442 g/mol. The van der Waals surface area contributed by atoms with Crippen molar-refractivity contribution < 1.29 is 27.2 Å². The Kier molecular flexibility index (Phi) is 5.76. The molecule has 0 aliphatic carbocycles. The van der Waals surface area contributed by atoms with E-state index in [0.29, 0.717) is 27.9 Å². The number of nitrogens with zero attached hydrogens (tertiary/aromatic N) is 3. The molecule has 0 fully saturated rings. The molecule has 0 aliphatic rings. The first-order chi connectivity index (χ1) is 15.3. The molecule has 164 valence electrons. The Morgan fingerprint density at radius 3 is 2.69 bits per heavy atom. The summed E-state index contributed by atoms with van der Waals surface area (Å²) in [5.74, 6) is -0.586. The second kappa shape index (κ2) is 8.66. The maximum absolute atomic E-state index is 13.0. The molecule has 0 unspecified atom stereocenters. The lowest BCUT2D eigenvalue weighted by Gasteiger charge is -2.10. The van der Waals surface area contributed by atoms with Crippen LogP contribution in [-0.4, -0.2) is 33.8 Å². The number of pyridine rings is 2. The summed E-state index contributed by atoms with van der Waals surface area (Å²) in [5.41, 5.74) is 2.96. The molecule has 1 N–H and O–H groups in total. The van der Waals surface area contributed by atoms with Gasteiger partial charge >= 0.3 is 6.18 Å². The molecule has 0 saturated carbocycles. The van der Waals surface area contributed by atoms with Crippen molar-refractivity contribution in [1.29, 1.82) is 0 Å². The Balaban J connectivity index is 1.56. The molecule has 1 aromatic carbocycles. The first-order valence-corrected chi connectivity index (χ1v) is 9.55. The average molecular weight is 442 g/mol. The van der Waals surface area contributed by atoms with Gasteiger partial charge in [0.25, 0.3) is 11.6 Å². The van der Waals surface area contributed by atoms with E-state index in [-0.39, 0.29) is 18.1 Å². The molecule has 0 radical (unpaired) electrons. The number of hydrogen-bond acceptors (Lipinski definition) is 6. The minimum absolute atomic E-state index is 0.0541. The second-order valence-electron chi connectivity index (χ2n) is 6.96. The molecule has 32 heavy (non-hydrogen) atoms. The van der Waals surface area contributed by atoms with Gasteiger partial charge in [0, 0.05) is 24.4 Å². The number of carbonyl (C=O) groups excluding carboxylic acids is 1. The Morgan fingerprint density at radius 2 is 1.94 bits per heavy atom. The zero-order chi connectivity index (χ0) is 22.7. The van der Waals surface area contributed by atoms with E-state index in [1.54, 1.807) is 19.1 Å². The lowest BCUT2D eigenvalue weighted by atomic mass is 10.1. The predicted octanol–water partition coefficient (Wildman–Crippen LogP) is 4.46. The molecule has 0 atom stereocenters. The number of aryl methyl sites for hydroxylation is 1. The minimum atomic E-state index is -4.47. The Labute approximate surface area is 180 Å². The van der Waals surface area contributed by atoms with Crippen LogP contribution in [0.3, 0.4) is 0 Å². The Bertz CT molecular complexity index is 1260. The molecule has 7 nitrogen and oxygen atoms in total. The van der Waals surface area contributed by atoms with Crippen LogP contribution in [0.25, 0.3) is 22.4 Å². The van der Waals surface area contributed by atoms with Crippen molar-refractivity contribution >= 4 is 17.0 Å². The number of ether oxygens (including phenoxy) is 1. The standard InChI is InChI=1S/C22H17F3N4O3/c1-13-19-16(10-17(28-21(19)32-29-13)15-5-3-2-4-6-15)20(30)27-11-14-7-8-26-18(9-14)31-12-22(23,24)25/h2-10H,11-12H2,1H3,(H,27,30). The van der Waals surface area contributed by atoms with Crippen molar-refractivity contribution in [1.82, 2.24) is 20.4 Å². The van der Waals surface area contributed by atoms with Crippen molar-refractivity contribution in [3.05, 3.63) is 71.5 Å². The van der Waals surface area contributed by atoms with E-state index in [1.165, 1.54) is 12.3 Å². The normalized spacial score (nSPS) is 11.5. The molecular formula is C22H17F3N4O3. The van der Waals surface area contributed by atoms with Crippen LogP contribution >= 0.6 is 0 Å². The molecule has 0 aliphatic heterocycles. The first-order valence-electron chi connectivity index (χ1n) is 9.55. The molecule has 4 rings (SSSR count). The fourth-order valence-corrected chi connectivity index (χ4v) is 3.10. The van der Waals surface area contributed by atoms with Gasteiger partial charge in [0.15, 0.2) is 6.61 Å². The molecule has 10 heteroatoms. The summed E-state index contributed by atoms with van der Waals surface area (Å²) >= 11 is 0. The van der Waals surface area contributed by atoms with Gasteiger partial charge in [-0.1, -0.05) is 35.5 Å². The number of alkyl halides is 3. The zero-order valence-corrected chi connectivity index (χ0v) is 16.8. The van der Waals surface area contributed by atoms with E-state index in [0.717, 1.165) is 5.56 Å². The van der Waals surface area contributed by atoms with Gasteiger partial charge in [-0.15, -0.1) is 0 Å². The van der Waals surface area contributed by atoms with Gasteiger partial charge in [0.1, 0.15) is 0 Å². The third-order valence-corrected chi connectivity index (χ3v) is 4.57. The molecule has 1 amide bonds. The van der Waals surface area contributed by atoms with Crippen LogP contribution in [-0.2, 0) is 6.54 Å². The number of hydrogen-bond donors (Lipinski definition) is 1. The molecule has 3 heterocycles. The van der Waals surface area contributed by atoms with Crippen molar-refractivity contribution in [2.24, 2.45) is 0 Å². The van der Waals surface area contributed by atoms with E-state index in [4.69, 9.17) is 4.52 Å². The van der Waals surface area contributed by atoms with Gasteiger partial charge in [-0.05, 0) is 24.6 Å². The number of benzene rings is 1. The molecule has 0 saturated heterocycles. The van der Waals surface area contributed by atoms with Crippen LogP contribution in [0, 0.1) is 6.92 Å². The van der Waals surface area contributed by atoms with Crippen LogP contribution in [0.5, 0.6) is 5.88 Å². The quantitative estimate of drug-likeness (QED) is 0.474. The number of amides is 1. The number of fused-ring (bicyclic) bond motifs is 1. The Hall–Kier alpha value is -3.95. The largest absolute Gasteiger partial charge is 0.468 e. The summed E-state index contributed by atoms with van der Waals surface area (Å²) in [6, 6.07) is 13.9. The highest BCUT2D eigenvalue weighted by Crippen LogP contribution is 2.27. The number of nitrogens with one attached hydrogen (secondary N) is 1. The predicted molar refractivity (Wildman–Crippen MR) is 109 cm³/mol. The molecule has 4 aromatic rings. The first kappa shape index (κ1) is 21.3. The second-order valence-corrected chi connectivity index (χ2v) is 6.96. The highest BCUT2D eigenvalue weighted by Gasteiger charge is 2.28. The summed E-state index contributed by atoms with van der Waals surface area (Å²) in [6.45, 7) is 0.317. The lowest BCUT2D eigenvalue weighted by molar-refractivity contribution is -0.154. The highest BCUT2D eigenvalue weighted by molar-refractivity contribution is 6.06. The van der Waals surface area contributed by atoms with Gasteiger partial charge in [0.2, 0.25) is 5.88 Å². The number of halogens is 3. The van der Waals surface area contributed by atoms with Crippen molar-refractivity contribution in [2.45, 2.75) is 19.6 Å². The van der Waals surface area contributed by atoms with Gasteiger partial charge in [-0.25, -0.2) is 9.97 Å². The lowest BCUT2D eigenvalue weighted by Crippen LogP contribution is -2.23. The Morgan fingerprint density at radius 1 is 1.16 bits per heavy atom. The van der Waals surface area contributed by atoms with Gasteiger partial charge in [-0.3, -0.25) is 4.79 Å². The smallest absolute Gasteiger partial charge is 0.422 e. The van der Waals surface area contributed by atoms with Crippen molar-refractivity contribution in [2.75, 3.05) is 6.61 Å². The van der Waals surface area contributed by atoms with Gasteiger partial charge in [-0.2, -0.15) is 13.2 Å². The van der Waals surface area contributed by atoms with E-state index < -0.39 is 18.7 Å². The summed E-state index contributed by atoms with van der Waals surface area (Å²) in [4.78, 5) is 21.2. The van der Waals surface area contributed by atoms with Crippen molar-refractivity contribution in [3.8, 4) is 17.1 Å². The average Bonchev–Trinajstić information content (AvgIpc) is 3.16. The van der Waals surface area contributed by atoms with E-state index in [9.17, 15) is 18.0 Å². The summed E-state index contributed by atoms with van der Waals surface area (Å²) < 4.78 is 47.0. The third kappa shape index (κ3) is 4.85. The van der Waals surface area contributed by atoms with Crippen molar-refractivity contribution in [3.63, 3.8) is 0 Å². The van der Waals surface area contributed by atoms with Crippen LogP contribution in [0.15, 0.2) is 59.3 Å². The molecule has 0 spiro atoms. The summed E-state index contributed by atoms with van der Waals surface area (Å²) in [5, 5.41) is 7.16. The van der Waals surface area contributed by atoms with Gasteiger partial charge < -0.3 is 14.6 Å². The fourth-order valence-electron chi connectivity index (χ4n) is 3.10. The van der Waals surface area contributed by atoms with Crippen LogP contribution < -0.4 is 10.1 Å². The van der Waals surface area contributed by atoms with Crippen LogP contribution in [0.4, 0.5) is 13.2 Å². The summed E-state index contributed by atoms with van der Waals surface area (Å²) in [7, 11) is 0. The summed E-state index contributed by atoms with van der Waals surface area (Å²) in [6.07, 6.45) is -3.15. The number of rotatable bonds is 6. The van der Waals surface area contributed by atoms with E-state index in [1.807, 2.05) is 30.3 Å². The molecule has 0 bridgehead atoms. The van der Waals surface area contributed by atoms with E-state index in [2.05, 4.69) is 25.2 Å². The number of aromatic nitrogens is 3. The topological polar surface area (TPSA) is 90.1 Å². The number of carbonyl (C=O) groups is 1. The maximum atomic E-state index is 13.0. The molecular weight excluding hydrogens is 425 g/mol. The molecule has 3 aromatic heterocycles. The fraction of sp³-hybridized carbons (Fsp3) is 0.182. The minimum Gasteiger partial charge on any atom is -0.468 e. The van der Waals surface area contributed by atoms with Crippen LogP contribution in [0.1, 0.15) is 21.6 Å². The van der Waals surface area contributed by atoms with Gasteiger partial charge in [0.05, 0.1) is 22.3 Å². The third-order valence-electron chi connectivity index (χ3n) is 4.57. The SMILES string of the molecule is Cc1noc2nc(-c3ccccc3)cc(C(=O)NCc3ccnc(OCC(F)(F)F)c3)c12. The van der Waals surface area contributed by atoms with Crippen LogP contribution in [0.2, 0.25) is 0 Å².